The molecule has 0 aliphatic carbocycles. The number of unbranched alkanes of at least 4 members (excludes halogenated alkanes) is 3. The molecule has 8 heteroatoms. The lowest BCUT2D eigenvalue weighted by atomic mass is 10.1. The van der Waals surface area contributed by atoms with Gasteiger partial charge in [-0.3, -0.25) is 9.78 Å². The van der Waals surface area contributed by atoms with Gasteiger partial charge in [0.2, 0.25) is 0 Å². The van der Waals surface area contributed by atoms with Gasteiger partial charge in [-0.15, -0.1) is 0 Å². The average molecular weight is 483 g/mol. The molecule has 0 fully saturated rings. The molecule has 190 valence electrons. The summed E-state index contributed by atoms with van der Waals surface area (Å²) in [5.41, 5.74) is 4.05. The van der Waals surface area contributed by atoms with Gasteiger partial charge in [-0.25, -0.2) is 0 Å². The zero-order chi connectivity index (χ0) is 25.2. The first kappa shape index (κ1) is 26.5. The first-order chi connectivity index (χ1) is 16.9. The minimum Gasteiger partial charge on any atom is -0.493 e. The van der Waals surface area contributed by atoms with Crippen LogP contribution in [0.1, 0.15) is 43.2 Å². The Kier molecular flexibility index (Phi) is 9.93. The van der Waals surface area contributed by atoms with Gasteiger partial charge in [0.1, 0.15) is 0 Å². The minimum absolute atomic E-state index is 0.215. The zero-order valence-electron chi connectivity index (χ0n) is 21.3. The lowest BCUT2D eigenvalue weighted by Gasteiger charge is -2.17. The fourth-order valence-electron chi connectivity index (χ4n) is 4.18. The predicted octanol–water partition coefficient (Wildman–Crippen LogP) is 4.55. The Hall–Kier alpha value is -3.10. The van der Waals surface area contributed by atoms with E-state index in [0.717, 1.165) is 67.4 Å². The molecule has 8 nitrogen and oxygen atoms in total. The molecule has 0 bridgehead atoms. The third-order valence-corrected chi connectivity index (χ3v) is 6.12. The van der Waals surface area contributed by atoms with E-state index in [1.807, 2.05) is 26.0 Å². The largest absolute Gasteiger partial charge is 0.493 e. The van der Waals surface area contributed by atoms with E-state index in [9.17, 15) is 4.79 Å². The maximum Gasteiger partial charge on any atom is 0.250 e. The van der Waals surface area contributed by atoms with Crippen LogP contribution < -0.4 is 20.3 Å². The molecule has 2 heterocycles. The summed E-state index contributed by atoms with van der Waals surface area (Å²) in [7, 11) is 3.69. The van der Waals surface area contributed by atoms with Crippen LogP contribution in [-0.2, 0) is 0 Å². The zero-order valence-corrected chi connectivity index (χ0v) is 21.3. The van der Waals surface area contributed by atoms with Gasteiger partial charge in [0.05, 0.1) is 24.9 Å². The minimum atomic E-state index is -0.215. The summed E-state index contributed by atoms with van der Waals surface area (Å²) in [5.74, 6) is 1.14. The van der Waals surface area contributed by atoms with Crippen LogP contribution in [0.3, 0.4) is 0 Å². The van der Waals surface area contributed by atoms with Crippen molar-refractivity contribution in [2.75, 3.05) is 45.8 Å². The molecule has 0 amide bonds. The summed E-state index contributed by atoms with van der Waals surface area (Å²) in [6.45, 7) is 6.72. The molecule has 3 rings (SSSR count). The van der Waals surface area contributed by atoms with E-state index in [2.05, 4.69) is 27.2 Å². The van der Waals surface area contributed by atoms with Gasteiger partial charge in [0.25, 0.3) is 5.56 Å². The number of nitrogens with one attached hydrogen (secondary N) is 2. The highest BCUT2D eigenvalue weighted by atomic mass is 16.5. The van der Waals surface area contributed by atoms with E-state index < -0.39 is 0 Å². The summed E-state index contributed by atoms with van der Waals surface area (Å²) in [4.78, 5) is 22.0. The number of hydrogen-bond donors (Lipinski definition) is 3. The fraction of sp³-hybridized carbons (Fsp3) is 0.481. The number of benzene rings is 1. The number of hydrogen-bond acceptors (Lipinski definition) is 7. The van der Waals surface area contributed by atoms with Gasteiger partial charge in [0, 0.05) is 42.7 Å². The molecule has 3 aromatic rings. The molecule has 35 heavy (non-hydrogen) atoms. The second kappa shape index (κ2) is 13.1. The summed E-state index contributed by atoms with van der Waals surface area (Å²) >= 11 is 0. The van der Waals surface area contributed by atoms with Crippen LogP contribution >= 0.6 is 0 Å². The van der Waals surface area contributed by atoms with Crippen molar-refractivity contribution < 1.29 is 14.6 Å². The van der Waals surface area contributed by atoms with Gasteiger partial charge in [-0.05, 0) is 70.0 Å². The molecule has 0 unspecified atom stereocenters. The van der Waals surface area contributed by atoms with Gasteiger partial charge >= 0.3 is 0 Å². The molecule has 0 saturated carbocycles. The number of rotatable bonds is 14. The molecule has 1 aromatic carbocycles. The molecule has 0 aliphatic heterocycles. The van der Waals surface area contributed by atoms with Crippen molar-refractivity contribution in [1.82, 2.24) is 14.9 Å². The van der Waals surface area contributed by atoms with E-state index in [-0.39, 0.29) is 12.2 Å². The predicted molar refractivity (Wildman–Crippen MR) is 141 cm³/mol. The summed E-state index contributed by atoms with van der Waals surface area (Å²) in [6, 6.07) is 5.36. The van der Waals surface area contributed by atoms with Crippen LogP contribution in [0.15, 0.2) is 35.4 Å². The summed E-state index contributed by atoms with van der Waals surface area (Å²) in [5, 5.41) is 13.2. The molecular formula is C27H38N4O4. The number of aliphatic hydroxyl groups excluding tert-OH is 1. The number of nitrogens with zero attached hydrogens (tertiary/aromatic N) is 2. The van der Waals surface area contributed by atoms with E-state index in [1.54, 1.807) is 25.6 Å². The Morgan fingerprint density at radius 3 is 2.49 bits per heavy atom. The van der Waals surface area contributed by atoms with Crippen molar-refractivity contribution in [3.8, 4) is 11.5 Å². The number of aryl methyl sites for hydroxylation is 2. The van der Waals surface area contributed by atoms with Crippen molar-refractivity contribution in [3.63, 3.8) is 0 Å². The van der Waals surface area contributed by atoms with Crippen LogP contribution in [0.5, 0.6) is 11.5 Å². The van der Waals surface area contributed by atoms with Crippen molar-refractivity contribution in [2.45, 2.75) is 46.0 Å². The molecule has 0 radical (unpaired) electrons. The Morgan fingerprint density at radius 2 is 1.77 bits per heavy atom. The number of H-pyrrole nitrogens is 1. The Labute approximate surface area is 207 Å². The van der Waals surface area contributed by atoms with Crippen LogP contribution in [0.4, 0.5) is 11.4 Å². The van der Waals surface area contributed by atoms with E-state index >= 15 is 0 Å². The van der Waals surface area contributed by atoms with E-state index in [0.29, 0.717) is 29.3 Å². The highest BCUT2D eigenvalue weighted by Crippen LogP contribution is 2.37. The molecule has 2 aromatic heterocycles. The van der Waals surface area contributed by atoms with Crippen LogP contribution in [0, 0.1) is 13.8 Å². The Balaban J connectivity index is 1.70. The van der Waals surface area contributed by atoms with Crippen molar-refractivity contribution in [1.29, 1.82) is 0 Å². The number of aromatic nitrogens is 2. The first-order valence-electron chi connectivity index (χ1n) is 12.3. The highest BCUT2D eigenvalue weighted by molar-refractivity contribution is 5.97. The maximum absolute atomic E-state index is 12.6. The quantitative estimate of drug-likeness (QED) is 0.290. The summed E-state index contributed by atoms with van der Waals surface area (Å²) < 4.78 is 11.7. The second-order valence-corrected chi connectivity index (χ2v) is 8.98. The van der Waals surface area contributed by atoms with E-state index in [1.165, 1.54) is 0 Å². The Morgan fingerprint density at radius 1 is 1.06 bits per heavy atom. The maximum atomic E-state index is 12.6. The highest BCUT2D eigenvalue weighted by Gasteiger charge is 2.15. The average Bonchev–Trinajstić information content (AvgIpc) is 2.84. The number of pyridine rings is 2. The van der Waals surface area contributed by atoms with Gasteiger partial charge in [-0.2, -0.15) is 0 Å². The van der Waals surface area contributed by atoms with Crippen molar-refractivity contribution in [3.05, 3.63) is 52.1 Å². The van der Waals surface area contributed by atoms with Gasteiger partial charge in [-0.1, -0.05) is 12.8 Å². The molecule has 3 N–H and O–H groups in total. The number of aromatic amines is 1. The number of anilines is 2. The number of fused-ring (bicyclic) bond motifs is 1. The van der Waals surface area contributed by atoms with Crippen LogP contribution in [-0.4, -0.2) is 60.4 Å². The fourth-order valence-corrected chi connectivity index (χ4v) is 4.18. The van der Waals surface area contributed by atoms with Crippen LogP contribution in [0.25, 0.3) is 10.9 Å². The van der Waals surface area contributed by atoms with E-state index in [4.69, 9.17) is 14.6 Å². The molecule has 0 spiro atoms. The number of aliphatic hydroxyl groups is 1. The van der Waals surface area contributed by atoms with Crippen LogP contribution in [0.2, 0.25) is 0 Å². The standard InChI is InChI=1S/C27H38N4O4/c1-19-17-28-18-20(2)25(19)29-22-16-24(33)30-26-21(22)10-11-23(34-4)27(26)35-15-8-6-5-7-12-31(3)13-9-14-32/h10-11,16-18,32H,5-9,12-15H2,1-4H3,(H2,28,29,30,33). The topological polar surface area (TPSA) is 99.7 Å². The molecule has 0 aliphatic rings. The number of methoxy groups -OCH3 is 1. The second-order valence-electron chi connectivity index (χ2n) is 8.98. The van der Waals surface area contributed by atoms with Gasteiger partial charge < -0.3 is 29.8 Å². The Bertz CT molecular complexity index is 1140. The molecule has 0 atom stereocenters. The monoisotopic (exact) mass is 482 g/mol. The van der Waals surface area contributed by atoms with Gasteiger partial charge in [0.15, 0.2) is 11.5 Å². The van der Waals surface area contributed by atoms with Crippen molar-refractivity contribution in [2.24, 2.45) is 0 Å². The SMILES string of the molecule is COc1ccc2c(Nc3c(C)cncc3C)cc(=O)[nH]c2c1OCCCCCCN(C)CCCO. The third-order valence-electron chi connectivity index (χ3n) is 6.12. The smallest absolute Gasteiger partial charge is 0.250 e. The van der Waals surface area contributed by atoms with Crippen molar-refractivity contribution >= 4 is 22.3 Å². The third kappa shape index (κ3) is 7.19. The normalized spacial score (nSPS) is 11.3. The lowest BCUT2D eigenvalue weighted by Crippen LogP contribution is -2.21. The molecular weight excluding hydrogens is 444 g/mol. The number of ether oxygens (including phenoxy) is 2. The lowest BCUT2D eigenvalue weighted by molar-refractivity contribution is 0.244. The summed E-state index contributed by atoms with van der Waals surface area (Å²) in [6.07, 6.45) is 8.64. The first-order valence-corrected chi connectivity index (χ1v) is 12.3. The molecule has 0 saturated heterocycles.